The van der Waals surface area contributed by atoms with E-state index in [0.717, 1.165) is 36.5 Å². The van der Waals surface area contributed by atoms with E-state index in [1.807, 2.05) is 36.1 Å². The largest absolute Gasteiger partial charge is 0.369 e. The van der Waals surface area contributed by atoms with Crippen LogP contribution < -0.4 is 4.90 Å². The fourth-order valence-electron chi connectivity index (χ4n) is 2.68. The van der Waals surface area contributed by atoms with Crippen molar-refractivity contribution in [3.8, 4) is 0 Å². The molecule has 124 valence electrons. The Balaban J connectivity index is 1.54. The highest BCUT2D eigenvalue weighted by Gasteiger charge is 2.23. The molecule has 0 unspecified atom stereocenters. The monoisotopic (exact) mass is 316 g/mol. The van der Waals surface area contributed by atoms with Crippen molar-refractivity contribution in [1.29, 1.82) is 0 Å². The van der Waals surface area contributed by atoms with Crippen LogP contribution in [0.4, 0.5) is 5.95 Å². The molecule has 1 saturated heterocycles. The van der Waals surface area contributed by atoms with Crippen molar-refractivity contribution < 1.29 is 9.53 Å². The van der Waals surface area contributed by atoms with Crippen LogP contribution in [0.1, 0.15) is 20.3 Å². The normalized spacial score (nSPS) is 16.8. The molecule has 0 spiro atoms. The summed E-state index contributed by atoms with van der Waals surface area (Å²) < 4.78 is 5.53. The molecule has 1 aromatic heterocycles. The zero-order chi connectivity index (χ0) is 16.2. The topological polar surface area (TPSA) is 61.5 Å². The van der Waals surface area contributed by atoms with Crippen LogP contribution >= 0.6 is 0 Å². The lowest BCUT2D eigenvalue weighted by Gasteiger charge is -2.34. The molecule has 2 heterocycles. The van der Waals surface area contributed by atoms with Gasteiger partial charge in [-0.15, -0.1) is 0 Å². The van der Waals surface area contributed by atoms with Gasteiger partial charge in [-0.25, -0.2) is 4.98 Å². The Bertz CT molecular complexity index is 628. The number of imidazole rings is 1. The molecule has 1 fully saturated rings. The van der Waals surface area contributed by atoms with Crippen molar-refractivity contribution in [3.05, 3.63) is 24.3 Å². The van der Waals surface area contributed by atoms with Gasteiger partial charge in [-0.2, -0.15) is 0 Å². The zero-order valence-corrected chi connectivity index (χ0v) is 13.8. The lowest BCUT2D eigenvalue weighted by atomic mass is 10.3. The van der Waals surface area contributed by atoms with Crippen LogP contribution in [0.2, 0.25) is 0 Å². The predicted octanol–water partition coefficient (Wildman–Crippen LogP) is 2.03. The number of amides is 1. The molecule has 1 amide bonds. The third kappa shape index (κ3) is 3.64. The number of carbonyl (C=O) groups excluding carboxylic acids is 1. The first-order valence-electron chi connectivity index (χ1n) is 8.26. The van der Waals surface area contributed by atoms with Crippen molar-refractivity contribution in [2.45, 2.75) is 26.4 Å². The minimum Gasteiger partial charge on any atom is -0.369 e. The van der Waals surface area contributed by atoms with Crippen LogP contribution in [0.15, 0.2) is 24.3 Å². The molecule has 1 N–H and O–H groups in total. The molecule has 0 radical (unpaired) electrons. The highest BCUT2D eigenvalue weighted by molar-refractivity contribution is 5.78. The van der Waals surface area contributed by atoms with E-state index in [-0.39, 0.29) is 18.6 Å². The number of rotatable bonds is 5. The Labute approximate surface area is 136 Å². The smallest absolute Gasteiger partial charge is 0.248 e. The van der Waals surface area contributed by atoms with E-state index in [0.29, 0.717) is 13.1 Å². The molecule has 23 heavy (non-hydrogen) atoms. The van der Waals surface area contributed by atoms with Gasteiger partial charge in [-0.05, 0) is 25.5 Å². The minimum atomic E-state index is 0.0783. The Kier molecular flexibility index (Phi) is 4.81. The molecule has 1 aromatic carbocycles. The van der Waals surface area contributed by atoms with Gasteiger partial charge in [-0.3, -0.25) is 4.79 Å². The number of hydrogen-bond acceptors (Lipinski definition) is 4. The molecule has 6 nitrogen and oxygen atoms in total. The summed E-state index contributed by atoms with van der Waals surface area (Å²) in [5.74, 6) is 0.962. The lowest BCUT2D eigenvalue weighted by Crippen LogP contribution is -2.50. The number of benzene rings is 1. The van der Waals surface area contributed by atoms with Gasteiger partial charge >= 0.3 is 0 Å². The average Bonchev–Trinajstić information content (AvgIpc) is 3.03. The van der Waals surface area contributed by atoms with Crippen LogP contribution in [-0.2, 0) is 9.53 Å². The van der Waals surface area contributed by atoms with E-state index in [4.69, 9.17) is 4.74 Å². The van der Waals surface area contributed by atoms with Crippen LogP contribution in [0, 0.1) is 0 Å². The van der Waals surface area contributed by atoms with E-state index >= 15 is 0 Å². The molecule has 1 atom stereocenters. The standard InChI is InChI=1S/C17H24N4O2/c1-3-13(2)23-12-16(22)20-8-10-21(11-9-20)17-18-14-6-4-5-7-15(14)19-17/h4-7,13H,3,8-12H2,1-2H3,(H,18,19)/t13-/m0/s1. The van der Waals surface area contributed by atoms with Gasteiger partial charge in [-0.1, -0.05) is 19.1 Å². The number of carbonyl (C=O) groups is 1. The summed E-state index contributed by atoms with van der Waals surface area (Å²) in [6.45, 7) is 7.22. The van der Waals surface area contributed by atoms with Crippen molar-refractivity contribution in [1.82, 2.24) is 14.9 Å². The van der Waals surface area contributed by atoms with Crippen molar-refractivity contribution in [2.75, 3.05) is 37.7 Å². The number of H-pyrrole nitrogens is 1. The van der Waals surface area contributed by atoms with E-state index in [1.54, 1.807) is 0 Å². The Morgan fingerprint density at radius 3 is 2.74 bits per heavy atom. The number of fused-ring (bicyclic) bond motifs is 1. The summed E-state index contributed by atoms with van der Waals surface area (Å²) in [4.78, 5) is 24.2. The number of nitrogens with one attached hydrogen (secondary N) is 1. The third-order valence-electron chi connectivity index (χ3n) is 4.38. The highest BCUT2D eigenvalue weighted by atomic mass is 16.5. The van der Waals surface area contributed by atoms with Crippen LogP contribution in [0.5, 0.6) is 0 Å². The summed E-state index contributed by atoms with van der Waals surface area (Å²) in [5, 5.41) is 0. The average molecular weight is 316 g/mol. The molecule has 1 aliphatic rings. The van der Waals surface area contributed by atoms with Crippen LogP contribution in [-0.4, -0.2) is 59.7 Å². The van der Waals surface area contributed by atoms with Gasteiger partial charge in [0.05, 0.1) is 17.1 Å². The summed E-state index contributed by atoms with van der Waals surface area (Å²) >= 11 is 0. The van der Waals surface area contributed by atoms with E-state index in [1.165, 1.54) is 0 Å². The number of aromatic amines is 1. The number of para-hydroxylation sites is 2. The first kappa shape index (κ1) is 15.8. The molecular formula is C17H24N4O2. The van der Waals surface area contributed by atoms with E-state index < -0.39 is 0 Å². The molecule has 0 aliphatic carbocycles. The number of anilines is 1. The van der Waals surface area contributed by atoms with Gasteiger partial charge in [0, 0.05) is 26.2 Å². The Morgan fingerprint density at radius 1 is 1.30 bits per heavy atom. The van der Waals surface area contributed by atoms with E-state index in [2.05, 4.69) is 21.8 Å². The maximum absolute atomic E-state index is 12.2. The lowest BCUT2D eigenvalue weighted by molar-refractivity contribution is -0.138. The van der Waals surface area contributed by atoms with Gasteiger partial charge in [0.1, 0.15) is 6.61 Å². The van der Waals surface area contributed by atoms with Gasteiger partial charge < -0.3 is 19.5 Å². The third-order valence-corrected chi connectivity index (χ3v) is 4.38. The van der Waals surface area contributed by atoms with Crippen molar-refractivity contribution >= 4 is 22.9 Å². The van der Waals surface area contributed by atoms with Gasteiger partial charge in [0.2, 0.25) is 11.9 Å². The molecule has 6 heteroatoms. The molecule has 0 bridgehead atoms. The first-order chi connectivity index (χ1) is 11.2. The van der Waals surface area contributed by atoms with Gasteiger partial charge in [0.15, 0.2) is 0 Å². The number of hydrogen-bond donors (Lipinski definition) is 1. The second-order valence-electron chi connectivity index (χ2n) is 5.98. The Hall–Kier alpha value is -2.08. The zero-order valence-electron chi connectivity index (χ0n) is 13.8. The molecule has 0 saturated carbocycles. The molecule has 3 rings (SSSR count). The second-order valence-corrected chi connectivity index (χ2v) is 5.98. The number of aromatic nitrogens is 2. The quantitative estimate of drug-likeness (QED) is 0.917. The molecular weight excluding hydrogens is 292 g/mol. The highest BCUT2D eigenvalue weighted by Crippen LogP contribution is 2.18. The summed E-state index contributed by atoms with van der Waals surface area (Å²) in [7, 11) is 0. The van der Waals surface area contributed by atoms with Gasteiger partial charge in [0.25, 0.3) is 0 Å². The van der Waals surface area contributed by atoms with Crippen molar-refractivity contribution in [2.24, 2.45) is 0 Å². The summed E-state index contributed by atoms with van der Waals surface area (Å²) in [6.07, 6.45) is 1.06. The maximum atomic E-state index is 12.2. The van der Waals surface area contributed by atoms with Crippen molar-refractivity contribution in [3.63, 3.8) is 0 Å². The number of ether oxygens (including phenoxy) is 1. The van der Waals surface area contributed by atoms with Crippen LogP contribution in [0.3, 0.4) is 0 Å². The maximum Gasteiger partial charge on any atom is 0.248 e. The fourth-order valence-corrected chi connectivity index (χ4v) is 2.68. The Morgan fingerprint density at radius 2 is 2.04 bits per heavy atom. The number of piperazine rings is 1. The minimum absolute atomic E-state index is 0.0783. The second kappa shape index (κ2) is 7.00. The van der Waals surface area contributed by atoms with Crippen LogP contribution in [0.25, 0.3) is 11.0 Å². The molecule has 2 aromatic rings. The summed E-state index contributed by atoms with van der Waals surface area (Å²) in [5.41, 5.74) is 2.02. The summed E-state index contributed by atoms with van der Waals surface area (Å²) in [6, 6.07) is 8.01. The first-order valence-corrected chi connectivity index (χ1v) is 8.26. The predicted molar refractivity (Wildman–Crippen MR) is 90.6 cm³/mol. The molecule has 1 aliphatic heterocycles. The fraction of sp³-hybridized carbons (Fsp3) is 0.529. The van der Waals surface area contributed by atoms with E-state index in [9.17, 15) is 4.79 Å². The SMILES string of the molecule is CC[C@H](C)OCC(=O)N1CCN(c2nc3ccccc3[nH]2)CC1. The number of nitrogens with zero attached hydrogens (tertiary/aromatic N) is 3.